The van der Waals surface area contributed by atoms with Crippen LogP contribution >= 0.6 is 0 Å². The number of hydrogen-bond donors (Lipinski definition) is 3. The number of hydrogen-bond acceptors (Lipinski definition) is 4. The molecule has 1 amide bonds. The maximum atomic E-state index is 12.6. The Labute approximate surface area is 175 Å². The van der Waals surface area contributed by atoms with E-state index in [9.17, 15) is 4.79 Å². The highest BCUT2D eigenvalue weighted by Crippen LogP contribution is 2.20. The second-order valence-corrected chi connectivity index (χ2v) is 7.15. The summed E-state index contributed by atoms with van der Waals surface area (Å²) in [5.41, 5.74) is 3.51. The van der Waals surface area contributed by atoms with Crippen LogP contribution in [0, 0.1) is 0 Å². The lowest BCUT2D eigenvalue weighted by molar-refractivity contribution is -0.118. The van der Waals surface area contributed by atoms with Gasteiger partial charge in [0.15, 0.2) is 0 Å². The third-order valence-corrected chi connectivity index (χ3v) is 4.81. The second kappa shape index (κ2) is 8.61. The molecule has 0 aliphatic carbocycles. The molecule has 0 saturated heterocycles. The maximum absolute atomic E-state index is 12.6. The van der Waals surface area contributed by atoms with Gasteiger partial charge in [0.05, 0.1) is 6.04 Å². The van der Waals surface area contributed by atoms with E-state index in [1.54, 1.807) is 19.3 Å². The predicted octanol–water partition coefficient (Wildman–Crippen LogP) is 4.98. The van der Waals surface area contributed by atoms with Crippen molar-refractivity contribution in [2.45, 2.75) is 19.9 Å². The van der Waals surface area contributed by atoms with Crippen molar-refractivity contribution in [1.82, 2.24) is 20.3 Å². The van der Waals surface area contributed by atoms with Crippen LogP contribution in [0.25, 0.3) is 17.0 Å². The van der Waals surface area contributed by atoms with Gasteiger partial charge in [-0.2, -0.15) is 0 Å². The molecule has 1 unspecified atom stereocenters. The molecule has 0 aliphatic rings. The van der Waals surface area contributed by atoms with Gasteiger partial charge < -0.3 is 15.6 Å². The fourth-order valence-corrected chi connectivity index (χ4v) is 3.17. The van der Waals surface area contributed by atoms with Crippen LogP contribution in [-0.2, 0) is 4.79 Å². The van der Waals surface area contributed by atoms with Crippen molar-refractivity contribution in [3.63, 3.8) is 0 Å². The molecule has 0 aliphatic heterocycles. The Bertz CT molecular complexity index is 1150. The number of pyridine rings is 2. The molecule has 30 heavy (non-hydrogen) atoms. The van der Waals surface area contributed by atoms with E-state index in [1.165, 1.54) is 0 Å². The maximum Gasteiger partial charge on any atom is 0.247 e. The third-order valence-electron chi connectivity index (χ3n) is 4.81. The summed E-state index contributed by atoms with van der Waals surface area (Å²) in [6.07, 6.45) is 5.27. The molecule has 3 N–H and O–H groups in total. The Morgan fingerprint density at radius 1 is 1.03 bits per heavy atom. The predicted molar refractivity (Wildman–Crippen MR) is 120 cm³/mol. The van der Waals surface area contributed by atoms with Crippen LogP contribution in [0.5, 0.6) is 0 Å². The van der Waals surface area contributed by atoms with Crippen LogP contribution in [0.3, 0.4) is 0 Å². The number of rotatable bonds is 6. The van der Waals surface area contributed by atoms with E-state index in [1.807, 2.05) is 61.5 Å². The summed E-state index contributed by atoms with van der Waals surface area (Å²) in [6, 6.07) is 19.4. The molecule has 1 atom stereocenters. The number of benzene rings is 1. The molecular formula is C24H23N5O. The molecule has 4 aromatic rings. The second-order valence-electron chi connectivity index (χ2n) is 7.15. The van der Waals surface area contributed by atoms with Crippen LogP contribution in [0.2, 0.25) is 0 Å². The largest absolute Gasteiger partial charge is 0.357 e. The van der Waals surface area contributed by atoms with Crippen molar-refractivity contribution >= 4 is 34.5 Å². The van der Waals surface area contributed by atoms with E-state index < -0.39 is 0 Å². The lowest BCUT2D eigenvalue weighted by Gasteiger charge is -2.13. The van der Waals surface area contributed by atoms with Crippen LogP contribution < -0.4 is 10.6 Å². The molecule has 0 saturated carbocycles. The highest BCUT2D eigenvalue weighted by Gasteiger charge is 2.13. The van der Waals surface area contributed by atoms with Gasteiger partial charge in [0.25, 0.3) is 0 Å². The van der Waals surface area contributed by atoms with Gasteiger partial charge in [-0.15, -0.1) is 0 Å². The summed E-state index contributed by atoms with van der Waals surface area (Å²) in [7, 11) is 0. The minimum absolute atomic E-state index is 0.114. The number of carbonyl (C=O) groups excluding carboxylic acids is 1. The number of anilines is 2. The molecule has 150 valence electrons. The normalized spacial score (nSPS) is 12.5. The van der Waals surface area contributed by atoms with E-state index in [2.05, 4.69) is 37.7 Å². The van der Waals surface area contributed by atoms with Crippen molar-refractivity contribution in [1.29, 1.82) is 0 Å². The first-order valence-corrected chi connectivity index (χ1v) is 9.79. The zero-order chi connectivity index (χ0) is 20.9. The Hall–Kier alpha value is -3.93. The van der Waals surface area contributed by atoms with Crippen molar-refractivity contribution in [3.8, 4) is 0 Å². The molecule has 0 bridgehead atoms. The first-order chi connectivity index (χ1) is 14.6. The lowest BCUT2D eigenvalue weighted by Crippen LogP contribution is -2.27. The van der Waals surface area contributed by atoms with Crippen LogP contribution in [0.15, 0.2) is 78.6 Å². The average molecular weight is 397 g/mol. The number of aromatic nitrogens is 3. The molecule has 3 heterocycles. The number of amides is 1. The van der Waals surface area contributed by atoms with Crippen LogP contribution in [0.1, 0.15) is 31.1 Å². The van der Waals surface area contributed by atoms with Gasteiger partial charge in [0, 0.05) is 29.2 Å². The van der Waals surface area contributed by atoms with Gasteiger partial charge in [-0.05, 0) is 67.3 Å². The smallest absolute Gasteiger partial charge is 0.247 e. The topological polar surface area (TPSA) is 82.7 Å². The van der Waals surface area contributed by atoms with Gasteiger partial charge >= 0.3 is 0 Å². The number of nitrogens with one attached hydrogen (secondary N) is 3. The zero-order valence-electron chi connectivity index (χ0n) is 16.9. The van der Waals surface area contributed by atoms with E-state index in [4.69, 9.17) is 0 Å². The zero-order valence-corrected chi connectivity index (χ0v) is 16.9. The molecule has 4 rings (SSSR count). The summed E-state index contributed by atoms with van der Waals surface area (Å²) in [5, 5.41) is 7.31. The highest BCUT2D eigenvalue weighted by atomic mass is 16.1. The van der Waals surface area contributed by atoms with Crippen LogP contribution in [-0.4, -0.2) is 20.9 Å². The Balaban J connectivity index is 1.40. The lowest BCUT2D eigenvalue weighted by atomic mass is 10.1. The van der Waals surface area contributed by atoms with Gasteiger partial charge in [0.2, 0.25) is 5.91 Å². The third kappa shape index (κ3) is 4.55. The molecule has 3 aromatic heterocycles. The van der Waals surface area contributed by atoms with E-state index in [0.29, 0.717) is 11.4 Å². The number of H-pyrrole nitrogens is 1. The molecule has 0 fully saturated rings. The molecule has 6 nitrogen and oxygen atoms in total. The van der Waals surface area contributed by atoms with Crippen molar-refractivity contribution in [2.75, 3.05) is 5.32 Å². The van der Waals surface area contributed by atoms with Gasteiger partial charge in [-0.3, -0.25) is 4.79 Å². The number of nitrogens with zero attached hydrogens (tertiary/aromatic N) is 2. The van der Waals surface area contributed by atoms with E-state index in [-0.39, 0.29) is 11.9 Å². The monoisotopic (exact) mass is 397 g/mol. The summed E-state index contributed by atoms with van der Waals surface area (Å²) in [4.78, 5) is 24.6. The minimum atomic E-state index is -0.128. The SMILES string of the molecule is CC(=Cc1ccc(Nc2ccccn2)nc1)C(=O)NC(C)c1cc2ccccc2[nH]1. The average Bonchev–Trinajstić information content (AvgIpc) is 3.20. The van der Waals surface area contributed by atoms with Crippen molar-refractivity contribution < 1.29 is 4.79 Å². The van der Waals surface area contributed by atoms with Crippen molar-refractivity contribution in [2.24, 2.45) is 0 Å². The van der Waals surface area contributed by atoms with Gasteiger partial charge in [0.1, 0.15) is 11.6 Å². The Kier molecular flexibility index (Phi) is 5.57. The first-order valence-electron chi connectivity index (χ1n) is 9.79. The van der Waals surface area contributed by atoms with Gasteiger partial charge in [-0.1, -0.05) is 24.3 Å². The summed E-state index contributed by atoms with van der Waals surface area (Å²) in [5.74, 6) is 1.31. The fourth-order valence-electron chi connectivity index (χ4n) is 3.17. The number of fused-ring (bicyclic) bond motifs is 1. The minimum Gasteiger partial charge on any atom is -0.357 e. The quantitative estimate of drug-likeness (QED) is 0.401. The summed E-state index contributed by atoms with van der Waals surface area (Å²) < 4.78 is 0. The fraction of sp³-hybridized carbons (Fsp3) is 0.125. The number of aromatic amines is 1. The van der Waals surface area contributed by atoms with Gasteiger partial charge in [-0.25, -0.2) is 9.97 Å². The molecule has 1 aromatic carbocycles. The molecular weight excluding hydrogens is 374 g/mol. The van der Waals surface area contributed by atoms with E-state index in [0.717, 1.165) is 28.0 Å². The standard InChI is InChI=1S/C24H23N5O/c1-16(13-18-10-11-23(26-15-18)29-22-9-5-6-12-25-22)24(30)27-17(2)21-14-19-7-3-4-8-20(19)28-21/h3-15,17,28H,1-2H3,(H,27,30)(H,25,26,29). The van der Waals surface area contributed by atoms with Crippen molar-refractivity contribution in [3.05, 3.63) is 89.9 Å². The van der Waals surface area contributed by atoms with Crippen LogP contribution in [0.4, 0.5) is 11.6 Å². The molecule has 6 heteroatoms. The summed E-state index contributed by atoms with van der Waals surface area (Å²) >= 11 is 0. The number of carbonyl (C=O) groups is 1. The summed E-state index contributed by atoms with van der Waals surface area (Å²) in [6.45, 7) is 3.77. The number of para-hydroxylation sites is 1. The highest BCUT2D eigenvalue weighted by molar-refractivity contribution is 5.97. The molecule has 0 spiro atoms. The van der Waals surface area contributed by atoms with E-state index >= 15 is 0 Å². The Morgan fingerprint density at radius 2 is 1.83 bits per heavy atom. The molecule has 0 radical (unpaired) electrons. The first kappa shape index (κ1) is 19.4. The Morgan fingerprint density at radius 3 is 2.57 bits per heavy atom.